The van der Waals surface area contributed by atoms with Gasteiger partial charge in [0.2, 0.25) is 0 Å². The van der Waals surface area contributed by atoms with E-state index in [0.717, 1.165) is 0 Å². The summed E-state index contributed by atoms with van der Waals surface area (Å²) in [6, 6.07) is 8.32. The van der Waals surface area contributed by atoms with Crippen molar-refractivity contribution in [3.8, 4) is 0 Å². The average Bonchev–Trinajstić information content (AvgIpc) is 2.18. The van der Waals surface area contributed by atoms with Gasteiger partial charge in [0.25, 0.3) is 0 Å². The maximum Gasteiger partial charge on any atom is 0.198 e. The molecule has 78 valence electrons. The Labute approximate surface area is 96.3 Å². The molecule has 1 unspecified atom stereocenters. The van der Waals surface area contributed by atoms with E-state index in [0.29, 0.717) is 5.50 Å². The highest BCUT2D eigenvalue weighted by molar-refractivity contribution is 7.28. The van der Waals surface area contributed by atoms with Crippen LogP contribution in [0, 0.1) is 0 Å². The Hall–Kier alpha value is -0.183. The predicted octanol–water partition coefficient (Wildman–Crippen LogP) is 2.55. The summed E-state index contributed by atoms with van der Waals surface area (Å²) in [5.74, 6) is 0. The van der Waals surface area contributed by atoms with Gasteiger partial charge in [0.15, 0.2) is 7.38 Å². The van der Waals surface area contributed by atoms with E-state index >= 15 is 0 Å². The molecule has 0 aliphatic carbocycles. The number of hydrogen-bond acceptors (Lipinski definition) is 1. The largest absolute Gasteiger partial charge is 0.378 e. The molecule has 1 atom stereocenters. The monoisotopic (exact) mass is 247 g/mol. The van der Waals surface area contributed by atoms with E-state index in [-0.39, 0.29) is 0 Å². The molecule has 0 amide bonds. The van der Waals surface area contributed by atoms with Gasteiger partial charge in [-0.15, -0.1) is 11.6 Å². The van der Waals surface area contributed by atoms with E-state index in [1.54, 1.807) is 0 Å². The topological polar surface area (TPSA) is 3.24 Å². The van der Waals surface area contributed by atoms with Crippen LogP contribution >= 0.6 is 22.7 Å². The van der Waals surface area contributed by atoms with Crippen LogP contribution < -0.4 is 10.1 Å². The third-order valence-electron chi connectivity index (χ3n) is 2.24. The Kier molecular flexibility index (Phi) is 3.87. The summed E-state index contributed by atoms with van der Waals surface area (Å²) in [4.78, 5) is 2.07. The molecule has 0 aliphatic heterocycles. The van der Waals surface area contributed by atoms with Gasteiger partial charge in [-0.2, -0.15) is 11.1 Å². The molecule has 4 heteroatoms. The number of rotatable bonds is 3. The van der Waals surface area contributed by atoms with E-state index in [1.807, 2.05) is 14.1 Å². The highest BCUT2D eigenvalue weighted by Crippen LogP contribution is 2.14. The second-order valence-electron chi connectivity index (χ2n) is 3.77. The molecule has 1 aromatic carbocycles. The van der Waals surface area contributed by atoms with Crippen LogP contribution in [-0.4, -0.2) is 27.0 Å². The summed E-state index contributed by atoms with van der Waals surface area (Å²) < 4.78 is 0. The van der Waals surface area contributed by atoms with Crippen LogP contribution in [-0.2, 0) is 0 Å². The highest BCUT2D eigenvalue weighted by Gasteiger charge is 2.25. The van der Waals surface area contributed by atoms with Crippen molar-refractivity contribution in [2.24, 2.45) is 0 Å². The second kappa shape index (κ2) is 4.56. The molecule has 0 aliphatic rings. The quantitative estimate of drug-likeness (QED) is 0.451. The third kappa shape index (κ3) is 2.66. The fraction of sp³-hybridized carbons (Fsp3) is 0.400. The lowest BCUT2D eigenvalue weighted by Crippen LogP contribution is -2.41. The Balaban J connectivity index is 2.94. The molecule has 1 nitrogen and oxygen atoms in total. The van der Waals surface area contributed by atoms with Crippen molar-refractivity contribution >= 4 is 40.9 Å². The van der Waals surface area contributed by atoms with Gasteiger partial charge in [-0.05, 0) is 17.3 Å². The molecule has 0 N–H and O–H groups in total. The van der Waals surface area contributed by atoms with Crippen molar-refractivity contribution < 1.29 is 0 Å². The number of benzene rings is 1. The predicted molar refractivity (Wildman–Crippen MR) is 68.6 cm³/mol. The molecule has 0 heterocycles. The van der Waals surface area contributed by atoms with Crippen molar-refractivity contribution in [3.63, 3.8) is 0 Å². The zero-order valence-electron chi connectivity index (χ0n) is 8.72. The summed E-state index contributed by atoms with van der Waals surface area (Å²) >= 11 is 12.2. The summed E-state index contributed by atoms with van der Waals surface area (Å²) in [6.45, 7) is 2.06. The van der Waals surface area contributed by atoms with Crippen molar-refractivity contribution in [3.05, 3.63) is 24.3 Å². The molecular formula is C10H15Cl2NSi. The van der Waals surface area contributed by atoms with Gasteiger partial charge >= 0.3 is 0 Å². The Morgan fingerprint density at radius 2 is 1.71 bits per heavy atom. The zero-order valence-corrected chi connectivity index (χ0v) is 11.2. The Morgan fingerprint density at radius 1 is 1.21 bits per heavy atom. The van der Waals surface area contributed by atoms with Crippen LogP contribution in [0.25, 0.3) is 0 Å². The summed E-state index contributed by atoms with van der Waals surface area (Å²) in [7, 11) is 2.15. The fourth-order valence-electron chi connectivity index (χ4n) is 1.18. The minimum Gasteiger partial charge on any atom is -0.378 e. The molecule has 0 saturated heterocycles. The van der Waals surface area contributed by atoms with E-state index < -0.39 is 7.38 Å². The summed E-state index contributed by atoms with van der Waals surface area (Å²) in [5.41, 5.74) is 1.74. The smallest absolute Gasteiger partial charge is 0.198 e. The number of alkyl halides is 1. The third-order valence-corrected chi connectivity index (χ3v) is 7.35. The first kappa shape index (κ1) is 11.9. The van der Waals surface area contributed by atoms with Gasteiger partial charge in [-0.1, -0.05) is 18.7 Å². The lowest BCUT2D eigenvalue weighted by Gasteiger charge is -2.18. The molecule has 0 radical (unpaired) electrons. The van der Waals surface area contributed by atoms with E-state index in [4.69, 9.17) is 22.7 Å². The van der Waals surface area contributed by atoms with Crippen molar-refractivity contribution in [1.29, 1.82) is 0 Å². The normalized spacial score (nSPS) is 14.9. The minimum atomic E-state index is -1.89. The van der Waals surface area contributed by atoms with Crippen LogP contribution in [0.2, 0.25) is 6.55 Å². The van der Waals surface area contributed by atoms with Crippen LogP contribution in [0.15, 0.2) is 24.3 Å². The van der Waals surface area contributed by atoms with Crippen LogP contribution in [0.1, 0.15) is 0 Å². The zero-order chi connectivity index (χ0) is 10.8. The SMILES string of the molecule is CN(C)c1ccc([Si](C)(Cl)CCl)cc1. The molecule has 1 rings (SSSR count). The maximum atomic E-state index is 6.37. The summed E-state index contributed by atoms with van der Waals surface area (Å²) in [5, 5.41) is 1.19. The van der Waals surface area contributed by atoms with Crippen molar-refractivity contribution in [1.82, 2.24) is 0 Å². The van der Waals surface area contributed by atoms with Crippen molar-refractivity contribution in [2.45, 2.75) is 6.55 Å². The average molecular weight is 248 g/mol. The highest BCUT2D eigenvalue weighted by atomic mass is 35.6. The number of anilines is 1. The fourth-order valence-corrected chi connectivity index (χ4v) is 3.04. The van der Waals surface area contributed by atoms with Gasteiger partial charge in [-0.25, -0.2) is 0 Å². The molecule has 14 heavy (non-hydrogen) atoms. The lowest BCUT2D eigenvalue weighted by molar-refractivity contribution is 1.13. The molecule has 1 aromatic rings. The van der Waals surface area contributed by atoms with Gasteiger partial charge in [0.1, 0.15) is 0 Å². The molecule has 0 saturated carbocycles. The summed E-state index contributed by atoms with van der Waals surface area (Å²) in [6.07, 6.45) is 0. The first-order chi connectivity index (χ1) is 6.47. The molecular weight excluding hydrogens is 233 g/mol. The molecule has 0 fully saturated rings. The number of hydrogen-bond donors (Lipinski definition) is 0. The van der Waals surface area contributed by atoms with Crippen LogP contribution in [0.4, 0.5) is 5.69 Å². The first-order valence-electron chi connectivity index (χ1n) is 4.50. The van der Waals surface area contributed by atoms with E-state index in [2.05, 4.69) is 35.7 Å². The van der Waals surface area contributed by atoms with Crippen LogP contribution in [0.3, 0.4) is 0 Å². The standard InChI is InChI=1S/C10H15Cl2NSi/c1-13(2)9-4-6-10(7-5-9)14(3,12)8-11/h4-7H,8H2,1-3H3. The van der Waals surface area contributed by atoms with Gasteiger partial charge < -0.3 is 4.90 Å². The number of halogens is 2. The van der Waals surface area contributed by atoms with Gasteiger partial charge in [0, 0.05) is 25.3 Å². The Bertz CT molecular complexity index is 295. The molecule has 0 bridgehead atoms. The van der Waals surface area contributed by atoms with Gasteiger partial charge in [0.05, 0.1) is 0 Å². The van der Waals surface area contributed by atoms with Crippen molar-refractivity contribution in [2.75, 3.05) is 24.5 Å². The van der Waals surface area contributed by atoms with E-state index in [9.17, 15) is 0 Å². The molecule has 0 spiro atoms. The van der Waals surface area contributed by atoms with E-state index in [1.165, 1.54) is 10.9 Å². The number of nitrogens with zero attached hydrogens (tertiary/aromatic N) is 1. The second-order valence-corrected chi connectivity index (χ2v) is 10.3. The molecule has 0 aromatic heterocycles. The van der Waals surface area contributed by atoms with Gasteiger partial charge in [-0.3, -0.25) is 0 Å². The minimum absolute atomic E-state index is 0.551. The maximum absolute atomic E-state index is 6.37. The Morgan fingerprint density at radius 3 is 2.07 bits per heavy atom. The van der Waals surface area contributed by atoms with Crippen LogP contribution in [0.5, 0.6) is 0 Å². The first-order valence-corrected chi connectivity index (χ1v) is 8.75. The lowest BCUT2D eigenvalue weighted by atomic mass is 10.3.